The summed E-state index contributed by atoms with van der Waals surface area (Å²) in [7, 11) is 0. The lowest BCUT2D eigenvalue weighted by atomic mass is 10.00. The number of carbonyl (C=O) groups excluding carboxylic acids is 1. The molecule has 1 aromatic carbocycles. The van der Waals surface area contributed by atoms with Crippen LogP contribution < -0.4 is 0 Å². The summed E-state index contributed by atoms with van der Waals surface area (Å²) in [5, 5.41) is 9.28. The molecule has 4 heteroatoms. The van der Waals surface area contributed by atoms with E-state index in [-0.39, 0.29) is 12.4 Å². The fraction of sp³-hybridized carbons (Fsp3) is 0.200. The van der Waals surface area contributed by atoms with Crippen LogP contribution in [0.15, 0.2) is 24.3 Å². The number of carbonyl (C=O) groups is 1. The Morgan fingerprint density at radius 1 is 1.50 bits per heavy atom. The van der Waals surface area contributed by atoms with Crippen molar-refractivity contribution in [3.8, 4) is 6.07 Å². The lowest BCUT2D eigenvalue weighted by Crippen LogP contribution is -2.22. The monoisotopic (exact) mass is 207 g/mol. The van der Waals surface area contributed by atoms with Gasteiger partial charge in [-0.1, -0.05) is 11.6 Å². The van der Waals surface area contributed by atoms with Gasteiger partial charge >= 0.3 is 0 Å². The lowest BCUT2D eigenvalue weighted by Gasteiger charge is -2.01. The van der Waals surface area contributed by atoms with Crippen LogP contribution in [0.1, 0.15) is 10.4 Å². The van der Waals surface area contributed by atoms with E-state index in [2.05, 4.69) is 0 Å². The number of nitrogens with zero attached hydrogens (tertiary/aromatic N) is 1. The van der Waals surface area contributed by atoms with Gasteiger partial charge in [0.25, 0.3) is 0 Å². The third kappa shape index (κ3) is 1.39. The lowest BCUT2D eigenvalue weighted by molar-refractivity contribution is 0.0914. The van der Waals surface area contributed by atoms with Crippen molar-refractivity contribution in [1.82, 2.24) is 0 Å². The Bertz CT molecular complexity index is 415. The standard InChI is InChI=1S/C10H6ClNO2/c11-8-3-1-7(2-4-8)9(13)10(5-12)6-14-10/h1-4H,6H2. The van der Waals surface area contributed by atoms with E-state index in [0.29, 0.717) is 10.6 Å². The van der Waals surface area contributed by atoms with Gasteiger partial charge in [-0.25, -0.2) is 0 Å². The van der Waals surface area contributed by atoms with Crippen molar-refractivity contribution in [1.29, 1.82) is 5.26 Å². The van der Waals surface area contributed by atoms with Crippen molar-refractivity contribution in [3.05, 3.63) is 34.9 Å². The normalized spacial score (nSPS) is 24.0. The molecule has 1 aliphatic rings. The molecular weight excluding hydrogens is 202 g/mol. The van der Waals surface area contributed by atoms with Gasteiger partial charge in [0.15, 0.2) is 0 Å². The first-order chi connectivity index (χ1) is 6.68. The van der Waals surface area contributed by atoms with Gasteiger partial charge in [-0.05, 0) is 24.3 Å². The van der Waals surface area contributed by atoms with Crippen LogP contribution in [-0.2, 0) is 4.74 Å². The van der Waals surface area contributed by atoms with Crippen LogP contribution in [0, 0.1) is 11.3 Å². The highest BCUT2D eigenvalue weighted by molar-refractivity contribution is 6.30. The van der Waals surface area contributed by atoms with Crippen LogP contribution in [0.4, 0.5) is 0 Å². The summed E-state index contributed by atoms with van der Waals surface area (Å²) in [6.07, 6.45) is 0. The van der Waals surface area contributed by atoms with Gasteiger partial charge in [0.1, 0.15) is 6.07 Å². The number of ketones is 1. The quantitative estimate of drug-likeness (QED) is 0.549. The zero-order valence-electron chi connectivity index (χ0n) is 7.16. The molecule has 0 saturated carbocycles. The summed E-state index contributed by atoms with van der Waals surface area (Å²) in [5.74, 6) is -0.295. The number of epoxide rings is 1. The Hall–Kier alpha value is -1.37. The Kier molecular flexibility index (Phi) is 2.03. The topological polar surface area (TPSA) is 53.4 Å². The van der Waals surface area contributed by atoms with Crippen molar-refractivity contribution in [2.75, 3.05) is 6.61 Å². The molecule has 3 nitrogen and oxygen atoms in total. The maximum atomic E-state index is 11.7. The van der Waals surface area contributed by atoms with Crippen molar-refractivity contribution in [2.45, 2.75) is 5.60 Å². The predicted molar refractivity (Wildman–Crippen MR) is 50.1 cm³/mol. The SMILES string of the molecule is N#CC1(C(=O)c2ccc(Cl)cc2)CO1. The van der Waals surface area contributed by atoms with Crippen LogP contribution in [0.5, 0.6) is 0 Å². The third-order valence-electron chi connectivity index (χ3n) is 2.09. The van der Waals surface area contributed by atoms with Crippen LogP contribution in [0.2, 0.25) is 5.02 Å². The molecule has 0 aromatic heterocycles. The van der Waals surface area contributed by atoms with Gasteiger partial charge < -0.3 is 4.74 Å². The molecule has 1 unspecified atom stereocenters. The van der Waals surface area contributed by atoms with Crippen molar-refractivity contribution in [3.63, 3.8) is 0 Å². The molecule has 1 heterocycles. The summed E-state index contributed by atoms with van der Waals surface area (Å²) >= 11 is 5.67. The number of nitriles is 1. The van der Waals surface area contributed by atoms with Crippen LogP contribution >= 0.6 is 11.6 Å². The molecule has 1 fully saturated rings. The van der Waals surface area contributed by atoms with Crippen molar-refractivity contribution < 1.29 is 9.53 Å². The van der Waals surface area contributed by atoms with E-state index in [0.717, 1.165) is 0 Å². The highest BCUT2D eigenvalue weighted by atomic mass is 35.5. The molecule has 70 valence electrons. The number of hydrogen-bond acceptors (Lipinski definition) is 3. The van der Waals surface area contributed by atoms with Gasteiger partial charge in [-0.2, -0.15) is 5.26 Å². The Morgan fingerprint density at radius 2 is 2.07 bits per heavy atom. The molecule has 14 heavy (non-hydrogen) atoms. The van der Waals surface area contributed by atoms with Crippen LogP contribution in [-0.4, -0.2) is 18.0 Å². The Morgan fingerprint density at radius 3 is 2.50 bits per heavy atom. The van der Waals surface area contributed by atoms with E-state index in [1.807, 2.05) is 6.07 Å². The van der Waals surface area contributed by atoms with Crippen molar-refractivity contribution in [2.24, 2.45) is 0 Å². The van der Waals surface area contributed by atoms with Crippen molar-refractivity contribution >= 4 is 17.4 Å². The second-order valence-corrected chi connectivity index (χ2v) is 3.50. The van der Waals surface area contributed by atoms with Gasteiger partial charge in [-0.15, -0.1) is 0 Å². The number of halogens is 1. The number of Topliss-reactive ketones (excluding diaryl/α,β-unsaturated/α-hetero) is 1. The first-order valence-corrected chi connectivity index (χ1v) is 4.41. The maximum Gasteiger partial charge on any atom is 0.240 e. The first-order valence-electron chi connectivity index (χ1n) is 4.03. The Labute approximate surface area is 85.9 Å². The van der Waals surface area contributed by atoms with Gasteiger partial charge in [-0.3, -0.25) is 4.79 Å². The minimum absolute atomic E-state index is 0.185. The van der Waals surface area contributed by atoms with Gasteiger partial charge in [0.05, 0.1) is 6.61 Å². The summed E-state index contributed by atoms with van der Waals surface area (Å²) in [4.78, 5) is 11.7. The molecule has 2 rings (SSSR count). The summed E-state index contributed by atoms with van der Waals surface area (Å²) in [6.45, 7) is 0.185. The molecule has 0 N–H and O–H groups in total. The molecule has 0 spiro atoms. The number of rotatable bonds is 2. The Balaban J connectivity index is 2.29. The average Bonchev–Trinajstić information content (AvgIpc) is 2.99. The summed E-state index contributed by atoms with van der Waals surface area (Å²) < 4.78 is 4.85. The van der Waals surface area contributed by atoms with E-state index in [1.165, 1.54) is 0 Å². The maximum absolute atomic E-state index is 11.7. The molecule has 0 amide bonds. The minimum atomic E-state index is -1.23. The fourth-order valence-electron chi connectivity index (χ4n) is 1.15. The van der Waals surface area contributed by atoms with E-state index in [1.54, 1.807) is 24.3 Å². The molecule has 1 saturated heterocycles. The van der Waals surface area contributed by atoms with Crippen LogP contribution in [0.3, 0.4) is 0 Å². The zero-order chi connectivity index (χ0) is 10.2. The molecular formula is C10H6ClNO2. The third-order valence-corrected chi connectivity index (χ3v) is 2.34. The zero-order valence-corrected chi connectivity index (χ0v) is 7.91. The van der Waals surface area contributed by atoms with Gasteiger partial charge in [0.2, 0.25) is 11.4 Å². The molecule has 0 bridgehead atoms. The molecule has 0 radical (unpaired) electrons. The molecule has 1 atom stereocenters. The smallest absolute Gasteiger partial charge is 0.240 e. The predicted octanol–water partition coefficient (Wildman–Crippen LogP) is 1.82. The minimum Gasteiger partial charge on any atom is -0.347 e. The average molecular weight is 208 g/mol. The highest BCUT2D eigenvalue weighted by Crippen LogP contribution is 2.30. The molecule has 1 aromatic rings. The first kappa shape index (κ1) is 9.20. The highest BCUT2D eigenvalue weighted by Gasteiger charge is 2.53. The van der Waals surface area contributed by atoms with Gasteiger partial charge in [0, 0.05) is 10.6 Å². The number of hydrogen-bond donors (Lipinski definition) is 0. The summed E-state index contributed by atoms with van der Waals surface area (Å²) in [5.41, 5.74) is -0.776. The van der Waals surface area contributed by atoms with Crippen LogP contribution in [0.25, 0.3) is 0 Å². The molecule has 0 aliphatic carbocycles. The second kappa shape index (κ2) is 3.09. The van der Waals surface area contributed by atoms with E-state index in [4.69, 9.17) is 21.6 Å². The van der Waals surface area contributed by atoms with E-state index in [9.17, 15) is 4.79 Å². The largest absolute Gasteiger partial charge is 0.347 e. The number of ether oxygens (including phenoxy) is 1. The molecule has 1 aliphatic heterocycles. The fourth-order valence-corrected chi connectivity index (χ4v) is 1.28. The summed E-state index contributed by atoms with van der Waals surface area (Å²) in [6, 6.07) is 8.26. The van der Waals surface area contributed by atoms with E-state index < -0.39 is 5.60 Å². The van der Waals surface area contributed by atoms with E-state index >= 15 is 0 Å². The second-order valence-electron chi connectivity index (χ2n) is 3.06. The number of benzene rings is 1.